The Bertz CT molecular complexity index is 543. The van der Waals surface area contributed by atoms with E-state index < -0.39 is 0 Å². The molecule has 0 saturated carbocycles. The third-order valence-corrected chi connectivity index (χ3v) is 3.70. The van der Waals surface area contributed by atoms with E-state index in [1.807, 2.05) is 13.0 Å². The monoisotopic (exact) mass is 259 g/mol. The quantitative estimate of drug-likeness (QED) is 0.807. The number of nitrogens with one attached hydrogen (secondary N) is 2. The Hall–Kier alpha value is -1.39. The number of benzene rings is 1. The summed E-state index contributed by atoms with van der Waals surface area (Å²) in [5.41, 5.74) is 3.15. The zero-order valence-corrected chi connectivity index (χ0v) is 11.4. The Morgan fingerprint density at radius 2 is 2.42 bits per heavy atom. The van der Waals surface area contributed by atoms with E-state index in [0.29, 0.717) is 6.04 Å². The summed E-state index contributed by atoms with van der Waals surface area (Å²) in [6, 6.07) is 6.95. The van der Waals surface area contributed by atoms with Gasteiger partial charge in [-0.25, -0.2) is 4.98 Å². The van der Waals surface area contributed by atoms with Gasteiger partial charge in [-0.15, -0.1) is 0 Å². The van der Waals surface area contributed by atoms with E-state index in [4.69, 9.17) is 4.42 Å². The SMILES string of the molecule is Cc1nc2ccc(CCNCC3CCCN3)cc2o1. The molecule has 4 heteroatoms. The van der Waals surface area contributed by atoms with Gasteiger partial charge in [-0.2, -0.15) is 0 Å². The summed E-state index contributed by atoms with van der Waals surface area (Å²) >= 11 is 0. The Labute approximate surface area is 113 Å². The zero-order valence-electron chi connectivity index (χ0n) is 11.4. The highest BCUT2D eigenvalue weighted by atomic mass is 16.3. The molecule has 0 radical (unpaired) electrons. The van der Waals surface area contributed by atoms with E-state index in [1.54, 1.807) is 0 Å². The fraction of sp³-hybridized carbons (Fsp3) is 0.533. The van der Waals surface area contributed by atoms with Gasteiger partial charge >= 0.3 is 0 Å². The molecule has 19 heavy (non-hydrogen) atoms. The molecule has 1 aromatic heterocycles. The number of aryl methyl sites for hydroxylation is 1. The number of aromatic nitrogens is 1. The maximum absolute atomic E-state index is 5.55. The van der Waals surface area contributed by atoms with Gasteiger partial charge in [0.15, 0.2) is 11.5 Å². The number of rotatable bonds is 5. The van der Waals surface area contributed by atoms with Gasteiger partial charge in [0, 0.05) is 19.5 Å². The van der Waals surface area contributed by atoms with Crippen LogP contribution in [-0.2, 0) is 6.42 Å². The molecule has 2 heterocycles. The van der Waals surface area contributed by atoms with Crippen LogP contribution in [0, 0.1) is 6.92 Å². The molecule has 1 unspecified atom stereocenters. The number of hydrogen-bond acceptors (Lipinski definition) is 4. The van der Waals surface area contributed by atoms with Crippen LogP contribution >= 0.6 is 0 Å². The van der Waals surface area contributed by atoms with Gasteiger partial charge in [-0.05, 0) is 50.0 Å². The van der Waals surface area contributed by atoms with Crippen LogP contribution in [-0.4, -0.2) is 30.7 Å². The Kier molecular flexibility index (Phi) is 3.80. The Morgan fingerprint density at radius 3 is 3.26 bits per heavy atom. The first-order valence-electron chi connectivity index (χ1n) is 7.11. The lowest BCUT2D eigenvalue weighted by atomic mass is 10.1. The first-order valence-corrected chi connectivity index (χ1v) is 7.11. The molecule has 1 aliphatic rings. The Morgan fingerprint density at radius 1 is 1.47 bits per heavy atom. The van der Waals surface area contributed by atoms with Crippen LogP contribution < -0.4 is 10.6 Å². The van der Waals surface area contributed by atoms with Gasteiger partial charge in [-0.3, -0.25) is 0 Å². The zero-order chi connectivity index (χ0) is 13.1. The summed E-state index contributed by atoms with van der Waals surface area (Å²) in [6.07, 6.45) is 3.65. The number of fused-ring (bicyclic) bond motifs is 1. The van der Waals surface area contributed by atoms with Crippen molar-refractivity contribution in [3.63, 3.8) is 0 Å². The van der Waals surface area contributed by atoms with E-state index in [0.717, 1.165) is 36.5 Å². The molecule has 1 fully saturated rings. The molecular formula is C15H21N3O. The standard InChI is InChI=1S/C15H21N3O/c1-11-18-14-5-4-12(9-15(14)19-11)6-8-16-10-13-3-2-7-17-13/h4-5,9,13,16-17H,2-3,6-8,10H2,1H3. The average Bonchev–Trinajstić information content (AvgIpc) is 3.02. The molecule has 1 aromatic carbocycles. The van der Waals surface area contributed by atoms with Gasteiger partial charge in [0.1, 0.15) is 5.52 Å². The normalized spacial score (nSPS) is 19.3. The highest BCUT2D eigenvalue weighted by Gasteiger charge is 2.12. The van der Waals surface area contributed by atoms with Crippen LogP contribution in [0.5, 0.6) is 0 Å². The molecule has 1 aliphatic heterocycles. The van der Waals surface area contributed by atoms with Crippen LogP contribution in [0.4, 0.5) is 0 Å². The topological polar surface area (TPSA) is 50.1 Å². The van der Waals surface area contributed by atoms with E-state index >= 15 is 0 Å². The molecule has 2 N–H and O–H groups in total. The lowest BCUT2D eigenvalue weighted by Gasteiger charge is -2.11. The van der Waals surface area contributed by atoms with Crippen LogP contribution in [0.3, 0.4) is 0 Å². The highest BCUT2D eigenvalue weighted by molar-refractivity contribution is 5.73. The van der Waals surface area contributed by atoms with Crippen molar-refractivity contribution in [2.45, 2.75) is 32.2 Å². The molecule has 102 valence electrons. The lowest BCUT2D eigenvalue weighted by molar-refractivity contribution is 0.537. The number of nitrogens with zero attached hydrogens (tertiary/aromatic N) is 1. The third kappa shape index (κ3) is 3.14. The van der Waals surface area contributed by atoms with Crippen molar-refractivity contribution in [2.24, 2.45) is 0 Å². The average molecular weight is 259 g/mol. The number of oxazole rings is 1. The predicted molar refractivity (Wildman–Crippen MR) is 76.3 cm³/mol. The van der Waals surface area contributed by atoms with Gasteiger partial charge in [0.05, 0.1) is 0 Å². The maximum Gasteiger partial charge on any atom is 0.192 e. The molecule has 0 bridgehead atoms. The molecule has 3 rings (SSSR count). The van der Waals surface area contributed by atoms with E-state index in [1.165, 1.54) is 24.9 Å². The van der Waals surface area contributed by atoms with E-state index in [-0.39, 0.29) is 0 Å². The predicted octanol–water partition coefficient (Wildman–Crippen LogP) is 2.02. The van der Waals surface area contributed by atoms with Crippen molar-refractivity contribution in [3.8, 4) is 0 Å². The summed E-state index contributed by atoms with van der Waals surface area (Å²) in [5, 5.41) is 7.02. The van der Waals surface area contributed by atoms with Crippen LogP contribution in [0.2, 0.25) is 0 Å². The van der Waals surface area contributed by atoms with Crippen LogP contribution in [0.25, 0.3) is 11.1 Å². The summed E-state index contributed by atoms with van der Waals surface area (Å²) in [7, 11) is 0. The van der Waals surface area contributed by atoms with Gasteiger partial charge in [0.2, 0.25) is 0 Å². The minimum absolute atomic E-state index is 0.666. The second kappa shape index (κ2) is 5.72. The summed E-state index contributed by atoms with van der Waals surface area (Å²) in [6.45, 7) is 5.14. The van der Waals surface area contributed by atoms with E-state index in [9.17, 15) is 0 Å². The van der Waals surface area contributed by atoms with Crippen molar-refractivity contribution in [1.29, 1.82) is 0 Å². The molecular weight excluding hydrogens is 238 g/mol. The van der Waals surface area contributed by atoms with Crippen molar-refractivity contribution in [1.82, 2.24) is 15.6 Å². The third-order valence-electron chi connectivity index (χ3n) is 3.70. The Balaban J connectivity index is 1.50. The number of hydrogen-bond donors (Lipinski definition) is 2. The lowest BCUT2D eigenvalue weighted by Crippen LogP contribution is -2.34. The van der Waals surface area contributed by atoms with Crippen molar-refractivity contribution in [2.75, 3.05) is 19.6 Å². The summed E-state index contributed by atoms with van der Waals surface area (Å²) in [4.78, 5) is 4.31. The van der Waals surface area contributed by atoms with Gasteiger partial charge in [0.25, 0.3) is 0 Å². The van der Waals surface area contributed by atoms with E-state index in [2.05, 4.69) is 27.8 Å². The summed E-state index contributed by atoms with van der Waals surface area (Å²) < 4.78 is 5.55. The van der Waals surface area contributed by atoms with Crippen molar-refractivity contribution in [3.05, 3.63) is 29.7 Å². The highest BCUT2D eigenvalue weighted by Crippen LogP contribution is 2.17. The van der Waals surface area contributed by atoms with Crippen LogP contribution in [0.1, 0.15) is 24.3 Å². The smallest absolute Gasteiger partial charge is 0.192 e. The molecule has 4 nitrogen and oxygen atoms in total. The molecule has 0 amide bonds. The maximum atomic E-state index is 5.55. The second-order valence-electron chi connectivity index (χ2n) is 5.28. The molecule has 2 aromatic rings. The minimum atomic E-state index is 0.666. The van der Waals surface area contributed by atoms with Crippen molar-refractivity contribution >= 4 is 11.1 Å². The largest absolute Gasteiger partial charge is 0.441 e. The van der Waals surface area contributed by atoms with Crippen molar-refractivity contribution < 1.29 is 4.42 Å². The molecule has 0 aliphatic carbocycles. The minimum Gasteiger partial charge on any atom is -0.441 e. The van der Waals surface area contributed by atoms with Gasteiger partial charge < -0.3 is 15.1 Å². The van der Waals surface area contributed by atoms with Gasteiger partial charge in [-0.1, -0.05) is 6.07 Å². The molecule has 0 spiro atoms. The van der Waals surface area contributed by atoms with Crippen LogP contribution in [0.15, 0.2) is 22.6 Å². The second-order valence-corrected chi connectivity index (χ2v) is 5.28. The fourth-order valence-corrected chi connectivity index (χ4v) is 2.68. The molecule has 1 saturated heterocycles. The summed E-state index contributed by atoms with van der Waals surface area (Å²) in [5.74, 6) is 0.734. The first-order chi connectivity index (χ1) is 9.31. The first kappa shape index (κ1) is 12.6. The molecule has 1 atom stereocenters. The fourth-order valence-electron chi connectivity index (χ4n) is 2.68.